The van der Waals surface area contributed by atoms with Gasteiger partial charge in [0.25, 0.3) is 5.82 Å². The molecule has 4 heteroatoms. The number of piperidine rings is 1. The predicted octanol–water partition coefficient (Wildman–Crippen LogP) is 1.87. The number of pyridine rings is 1. The lowest BCUT2D eigenvalue weighted by atomic mass is 10.1. The predicted molar refractivity (Wildman–Crippen MR) is 68.5 cm³/mol. The maximum atomic E-state index is 11.5. The van der Waals surface area contributed by atoms with Gasteiger partial charge in [0, 0.05) is 0 Å². The first-order chi connectivity index (χ1) is 8.63. The van der Waals surface area contributed by atoms with Gasteiger partial charge in [-0.1, -0.05) is 0 Å². The molecule has 0 atom stereocenters. The summed E-state index contributed by atoms with van der Waals surface area (Å²) in [6.45, 7) is 5.36. The normalized spacial score (nSPS) is 15.3. The van der Waals surface area contributed by atoms with Gasteiger partial charge in [0.15, 0.2) is 5.78 Å². The third kappa shape index (κ3) is 2.35. The highest BCUT2D eigenvalue weighted by atomic mass is 16.1. The van der Waals surface area contributed by atoms with Crippen LogP contribution in [0.25, 0.3) is 0 Å². The van der Waals surface area contributed by atoms with Crippen LogP contribution in [0.4, 0.5) is 5.82 Å². The van der Waals surface area contributed by atoms with Crippen molar-refractivity contribution in [2.45, 2.75) is 33.1 Å². The molecule has 0 aliphatic carbocycles. The summed E-state index contributed by atoms with van der Waals surface area (Å²) < 4.78 is 0. The SMILES string of the molecule is CC(=O)c1cc(C#N)c(N2CCCCC2)[nH+]c1C. The number of Topliss-reactive ketones (excluding diaryl/α,β-unsaturated/α-hetero) is 1. The third-order valence-corrected chi connectivity index (χ3v) is 3.43. The Morgan fingerprint density at radius 1 is 1.39 bits per heavy atom. The van der Waals surface area contributed by atoms with Crippen molar-refractivity contribution in [3.63, 3.8) is 0 Å². The molecule has 1 N–H and O–H groups in total. The second-order valence-electron chi connectivity index (χ2n) is 4.79. The zero-order valence-electron chi connectivity index (χ0n) is 10.9. The van der Waals surface area contributed by atoms with Crippen LogP contribution >= 0.6 is 0 Å². The zero-order chi connectivity index (χ0) is 13.1. The molecule has 2 heterocycles. The van der Waals surface area contributed by atoms with Gasteiger partial charge in [-0.15, -0.1) is 0 Å². The van der Waals surface area contributed by atoms with E-state index in [1.54, 1.807) is 6.07 Å². The molecule has 0 spiro atoms. The van der Waals surface area contributed by atoms with Gasteiger partial charge in [0.05, 0.1) is 18.7 Å². The number of nitrogens with one attached hydrogen (secondary N) is 1. The molecule has 2 rings (SSSR count). The van der Waals surface area contributed by atoms with Gasteiger partial charge < -0.3 is 0 Å². The number of aryl methyl sites for hydroxylation is 1. The second-order valence-corrected chi connectivity index (χ2v) is 4.79. The Morgan fingerprint density at radius 3 is 2.61 bits per heavy atom. The van der Waals surface area contributed by atoms with Crippen LogP contribution in [0, 0.1) is 18.3 Å². The zero-order valence-corrected chi connectivity index (χ0v) is 10.9. The monoisotopic (exact) mass is 244 g/mol. The van der Waals surface area contributed by atoms with Crippen molar-refractivity contribution >= 4 is 11.6 Å². The Hall–Kier alpha value is -1.89. The van der Waals surface area contributed by atoms with E-state index in [1.165, 1.54) is 13.3 Å². The van der Waals surface area contributed by atoms with Gasteiger partial charge in [-0.3, -0.25) is 9.69 Å². The lowest BCUT2D eigenvalue weighted by Gasteiger charge is -2.22. The first-order valence-corrected chi connectivity index (χ1v) is 6.36. The molecule has 1 aromatic rings. The van der Waals surface area contributed by atoms with Gasteiger partial charge in [-0.2, -0.15) is 5.26 Å². The minimum absolute atomic E-state index is 0.00885. The van der Waals surface area contributed by atoms with E-state index in [0.717, 1.165) is 37.4 Å². The summed E-state index contributed by atoms with van der Waals surface area (Å²) in [7, 11) is 0. The van der Waals surface area contributed by atoms with Crippen LogP contribution in [0.5, 0.6) is 0 Å². The van der Waals surface area contributed by atoms with Crippen molar-refractivity contribution in [2.75, 3.05) is 18.0 Å². The molecule has 1 aromatic heterocycles. The van der Waals surface area contributed by atoms with Crippen LogP contribution in [-0.2, 0) is 0 Å². The number of H-pyrrole nitrogens is 1. The van der Waals surface area contributed by atoms with Crippen molar-refractivity contribution in [3.8, 4) is 6.07 Å². The molecule has 94 valence electrons. The van der Waals surface area contributed by atoms with E-state index in [2.05, 4.69) is 16.0 Å². The van der Waals surface area contributed by atoms with Crippen LogP contribution < -0.4 is 9.88 Å². The summed E-state index contributed by atoms with van der Waals surface area (Å²) in [4.78, 5) is 16.9. The first-order valence-electron chi connectivity index (χ1n) is 6.36. The molecule has 0 saturated carbocycles. The fourth-order valence-corrected chi connectivity index (χ4v) is 2.45. The highest BCUT2D eigenvalue weighted by Gasteiger charge is 2.24. The van der Waals surface area contributed by atoms with Crippen molar-refractivity contribution in [1.82, 2.24) is 0 Å². The lowest BCUT2D eigenvalue weighted by molar-refractivity contribution is -0.374. The molecule has 0 amide bonds. The number of aromatic amines is 1. The topological polar surface area (TPSA) is 58.2 Å². The average Bonchev–Trinajstić information content (AvgIpc) is 2.39. The van der Waals surface area contributed by atoms with Crippen LogP contribution in [0.1, 0.15) is 47.8 Å². The maximum absolute atomic E-state index is 11.5. The van der Waals surface area contributed by atoms with E-state index in [9.17, 15) is 10.1 Å². The molecule has 0 bridgehead atoms. The quantitative estimate of drug-likeness (QED) is 0.746. The molecule has 1 aliphatic heterocycles. The van der Waals surface area contributed by atoms with Gasteiger partial charge in [-0.05, 0) is 39.2 Å². The van der Waals surface area contributed by atoms with Gasteiger partial charge >= 0.3 is 0 Å². The number of nitrogens with zero attached hydrogens (tertiary/aromatic N) is 2. The number of aromatic nitrogens is 1. The Bertz CT molecular complexity index is 511. The van der Waals surface area contributed by atoms with E-state index in [4.69, 9.17) is 0 Å². The summed E-state index contributed by atoms with van der Waals surface area (Å²) in [5, 5.41) is 9.24. The summed E-state index contributed by atoms with van der Waals surface area (Å²) >= 11 is 0. The van der Waals surface area contributed by atoms with Crippen molar-refractivity contribution in [3.05, 3.63) is 22.9 Å². The van der Waals surface area contributed by atoms with E-state index < -0.39 is 0 Å². The van der Waals surface area contributed by atoms with Crippen molar-refractivity contribution < 1.29 is 9.78 Å². The molecule has 1 aliphatic rings. The van der Waals surface area contributed by atoms with Crippen LogP contribution in [-0.4, -0.2) is 18.9 Å². The van der Waals surface area contributed by atoms with Crippen LogP contribution in [0.3, 0.4) is 0 Å². The first kappa shape index (κ1) is 12.6. The van der Waals surface area contributed by atoms with Gasteiger partial charge in [0.2, 0.25) is 0 Å². The number of carbonyl (C=O) groups is 1. The average molecular weight is 244 g/mol. The molecule has 0 unspecified atom stereocenters. The Kier molecular flexibility index (Phi) is 3.61. The number of rotatable bonds is 2. The smallest absolute Gasteiger partial charge is 0.292 e. The van der Waals surface area contributed by atoms with Crippen LogP contribution in [0.2, 0.25) is 0 Å². The minimum Gasteiger partial charge on any atom is -0.294 e. The molecule has 18 heavy (non-hydrogen) atoms. The molecule has 1 saturated heterocycles. The van der Waals surface area contributed by atoms with E-state index in [0.29, 0.717) is 11.1 Å². The summed E-state index contributed by atoms with van der Waals surface area (Å²) in [5.41, 5.74) is 2.00. The molecule has 0 aromatic carbocycles. The standard InChI is InChI=1S/C14H17N3O/c1-10-13(11(2)18)8-12(9-15)14(16-10)17-6-4-3-5-7-17/h8H,3-7H2,1-2H3/p+1. The number of hydrogen-bond donors (Lipinski definition) is 0. The summed E-state index contributed by atoms with van der Waals surface area (Å²) in [6.07, 6.45) is 3.57. The number of nitriles is 1. The molecule has 0 radical (unpaired) electrons. The molecule has 4 nitrogen and oxygen atoms in total. The lowest BCUT2D eigenvalue weighted by Crippen LogP contribution is -2.36. The maximum Gasteiger partial charge on any atom is 0.292 e. The van der Waals surface area contributed by atoms with Crippen molar-refractivity contribution in [1.29, 1.82) is 5.26 Å². The second kappa shape index (κ2) is 5.18. The third-order valence-electron chi connectivity index (χ3n) is 3.43. The number of hydrogen-bond acceptors (Lipinski definition) is 3. The van der Waals surface area contributed by atoms with Crippen molar-refractivity contribution in [2.24, 2.45) is 0 Å². The Morgan fingerprint density at radius 2 is 2.06 bits per heavy atom. The summed E-state index contributed by atoms with van der Waals surface area (Å²) in [5.74, 6) is 0.852. The Labute approximate surface area is 107 Å². The highest BCUT2D eigenvalue weighted by molar-refractivity contribution is 5.95. The van der Waals surface area contributed by atoms with E-state index in [-0.39, 0.29) is 5.78 Å². The fourth-order valence-electron chi connectivity index (χ4n) is 2.45. The van der Waals surface area contributed by atoms with Gasteiger partial charge in [-0.25, -0.2) is 4.98 Å². The number of anilines is 1. The van der Waals surface area contributed by atoms with E-state index >= 15 is 0 Å². The highest BCUT2D eigenvalue weighted by Crippen LogP contribution is 2.21. The fraction of sp³-hybridized carbons (Fsp3) is 0.500. The minimum atomic E-state index is -0.00885. The Balaban J connectivity index is 2.44. The number of ketones is 1. The number of carbonyl (C=O) groups excluding carboxylic acids is 1. The van der Waals surface area contributed by atoms with E-state index in [1.807, 2.05) is 6.92 Å². The summed E-state index contributed by atoms with van der Waals surface area (Å²) in [6, 6.07) is 3.90. The largest absolute Gasteiger partial charge is 0.294 e. The van der Waals surface area contributed by atoms with Crippen LogP contribution in [0.15, 0.2) is 6.07 Å². The molecular weight excluding hydrogens is 226 g/mol. The molecule has 1 fully saturated rings. The van der Waals surface area contributed by atoms with Gasteiger partial charge in [0.1, 0.15) is 17.3 Å². The molecular formula is C14H18N3O+.